The largest absolute Gasteiger partial charge is 0.507 e. The Morgan fingerprint density at radius 3 is 2.57 bits per heavy atom. The van der Waals surface area contributed by atoms with Crippen molar-refractivity contribution in [2.24, 2.45) is 0 Å². The fourth-order valence-corrected chi connectivity index (χ4v) is 2.85. The molecule has 0 aliphatic carbocycles. The minimum atomic E-state index is 0.401. The number of hydrogen-bond acceptors (Lipinski definition) is 2. The highest BCUT2D eigenvalue weighted by Crippen LogP contribution is 2.30. The highest BCUT2D eigenvalue weighted by Gasteiger charge is 2.15. The topological polar surface area (TPSA) is 23.5 Å². The van der Waals surface area contributed by atoms with Gasteiger partial charge in [-0.25, -0.2) is 0 Å². The zero-order valence-corrected chi connectivity index (χ0v) is 12.4. The molecule has 1 aliphatic rings. The third kappa shape index (κ3) is 3.34. The average Bonchev–Trinajstić information content (AvgIpc) is 2.49. The molecule has 0 bridgehead atoms. The number of phenols is 1. The summed E-state index contributed by atoms with van der Waals surface area (Å²) in [6.45, 7) is 4.97. The highest BCUT2D eigenvalue weighted by molar-refractivity contribution is 5.71. The first-order chi connectivity index (χ1) is 10.2. The lowest BCUT2D eigenvalue weighted by molar-refractivity contribution is 0.293. The second-order valence-corrected chi connectivity index (χ2v) is 5.72. The molecule has 0 radical (unpaired) electrons. The maximum Gasteiger partial charge on any atom is 0.123 e. The molecule has 108 valence electrons. The van der Waals surface area contributed by atoms with Crippen molar-refractivity contribution in [1.82, 2.24) is 4.90 Å². The molecule has 0 spiro atoms. The molecule has 2 nitrogen and oxygen atoms in total. The van der Waals surface area contributed by atoms with Crippen LogP contribution in [-0.2, 0) is 6.54 Å². The van der Waals surface area contributed by atoms with Crippen LogP contribution in [0.3, 0.4) is 0 Å². The quantitative estimate of drug-likeness (QED) is 0.918. The van der Waals surface area contributed by atoms with E-state index in [1.165, 1.54) is 11.1 Å². The zero-order chi connectivity index (χ0) is 14.7. The summed E-state index contributed by atoms with van der Waals surface area (Å²) in [6, 6.07) is 16.5. The Labute approximate surface area is 126 Å². The molecule has 0 aromatic heterocycles. The molecule has 0 atom stereocenters. The summed E-state index contributed by atoms with van der Waals surface area (Å²) in [7, 11) is 0. The number of aromatic hydroxyl groups is 1. The smallest absolute Gasteiger partial charge is 0.123 e. The van der Waals surface area contributed by atoms with E-state index in [2.05, 4.69) is 47.4 Å². The second kappa shape index (κ2) is 6.15. The van der Waals surface area contributed by atoms with E-state index >= 15 is 0 Å². The van der Waals surface area contributed by atoms with Gasteiger partial charge < -0.3 is 5.11 Å². The van der Waals surface area contributed by atoms with Gasteiger partial charge in [-0.05, 0) is 36.1 Å². The first-order valence-electron chi connectivity index (χ1n) is 7.48. The average molecular weight is 279 g/mol. The van der Waals surface area contributed by atoms with E-state index in [-0.39, 0.29) is 0 Å². The van der Waals surface area contributed by atoms with Gasteiger partial charge in [0, 0.05) is 25.2 Å². The molecule has 2 aromatic carbocycles. The van der Waals surface area contributed by atoms with E-state index in [4.69, 9.17) is 0 Å². The minimum Gasteiger partial charge on any atom is -0.507 e. The molecule has 3 rings (SSSR count). The SMILES string of the molecule is Cc1ccc(C2=CCN(Cc3ccccc3)CC2)c(O)c1. The van der Waals surface area contributed by atoms with Gasteiger partial charge in [0.2, 0.25) is 0 Å². The van der Waals surface area contributed by atoms with Crippen LogP contribution in [0.4, 0.5) is 0 Å². The monoisotopic (exact) mass is 279 g/mol. The van der Waals surface area contributed by atoms with Gasteiger partial charge in [0.15, 0.2) is 0 Å². The Bertz CT molecular complexity index is 646. The summed E-state index contributed by atoms with van der Waals surface area (Å²) in [5.41, 5.74) is 4.70. The predicted molar refractivity (Wildman–Crippen MR) is 87.2 cm³/mol. The van der Waals surface area contributed by atoms with Gasteiger partial charge in [0.25, 0.3) is 0 Å². The molecule has 0 saturated carbocycles. The maximum absolute atomic E-state index is 10.1. The standard InChI is InChI=1S/C19H21NO/c1-15-7-8-18(19(21)13-15)17-9-11-20(12-10-17)14-16-5-3-2-4-6-16/h2-9,13,21H,10-12,14H2,1H3. The number of phenolic OH excluding ortho intramolecular Hbond substituents is 1. The molecule has 1 heterocycles. The summed E-state index contributed by atoms with van der Waals surface area (Å²) >= 11 is 0. The molecule has 0 saturated heterocycles. The summed E-state index contributed by atoms with van der Waals surface area (Å²) in [4.78, 5) is 2.43. The van der Waals surface area contributed by atoms with Crippen molar-refractivity contribution < 1.29 is 5.11 Å². The van der Waals surface area contributed by atoms with Gasteiger partial charge in [-0.15, -0.1) is 0 Å². The van der Waals surface area contributed by atoms with E-state index in [1.54, 1.807) is 0 Å². The van der Waals surface area contributed by atoms with Gasteiger partial charge >= 0.3 is 0 Å². The number of hydrogen-bond donors (Lipinski definition) is 1. The predicted octanol–water partition coefficient (Wildman–Crippen LogP) is 3.99. The molecular formula is C19H21NO. The summed E-state index contributed by atoms with van der Waals surface area (Å²) < 4.78 is 0. The lowest BCUT2D eigenvalue weighted by atomic mass is 9.97. The van der Waals surface area contributed by atoms with Crippen LogP contribution in [0.1, 0.15) is 23.1 Å². The summed E-state index contributed by atoms with van der Waals surface area (Å²) in [5, 5.41) is 10.1. The molecule has 0 fully saturated rings. The first kappa shape index (κ1) is 13.9. The number of aryl methyl sites for hydroxylation is 1. The van der Waals surface area contributed by atoms with Crippen molar-refractivity contribution in [2.45, 2.75) is 19.9 Å². The van der Waals surface area contributed by atoms with Crippen molar-refractivity contribution in [3.63, 3.8) is 0 Å². The Morgan fingerprint density at radius 1 is 1.10 bits per heavy atom. The van der Waals surface area contributed by atoms with E-state index < -0.39 is 0 Å². The van der Waals surface area contributed by atoms with Crippen molar-refractivity contribution in [1.29, 1.82) is 0 Å². The van der Waals surface area contributed by atoms with Gasteiger partial charge in [0.05, 0.1) is 0 Å². The molecule has 1 aliphatic heterocycles. The van der Waals surface area contributed by atoms with Crippen molar-refractivity contribution in [2.75, 3.05) is 13.1 Å². The molecule has 2 aromatic rings. The number of rotatable bonds is 3. The summed E-state index contributed by atoms with van der Waals surface area (Å²) in [5.74, 6) is 0.401. The van der Waals surface area contributed by atoms with Crippen LogP contribution in [0.15, 0.2) is 54.6 Å². The number of nitrogens with zero attached hydrogens (tertiary/aromatic N) is 1. The third-order valence-corrected chi connectivity index (χ3v) is 4.04. The molecule has 1 N–H and O–H groups in total. The van der Waals surface area contributed by atoms with Crippen LogP contribution in [-0.4, -0.2) is 23.1 Å². The van der Waals surface area contributed by atoms with Crippen LogP contribution in [0.5, 0.6) is 5.75 Å². The first-order valence-corrected chi connectivity index (χ1v) is 7.48. The third-order valence-electron chi connectivity index (χ3n) is 4.04. The lowest BCUT2D eigenvalue weighted by Crippen LogP contribution is -2.27. The maximum atomic E-state index is 10.1. The molecule has 2 heteroatoms. The van der Waals surface area contributed by atoms with Gasteiger partial charge in [-0.2, -0.15) is 0 Å². The fourth-order valence-electron chi connectivity index (χ4n) is 2.85. The minimum absolute atomic E-state index is 0.401. The second-order valence-electron chi connectivity index (χ2n) is 5.72. The van der Waals surface area contributed by atoms with E-state index in [0.717, 1.165) is 37.2 Å². The summed E-state index contributed by atoms with van der Waals surface area (Å²) in [6.07, 6.45) is 3.24. The van der Waals surface area contributed by atoms with Crippen LogP contribution >= 0.6 is 0 Å². The molecular weight excluding hydrogens is 258 g/mol. The van der Waals surface area contributed by atoms with Crippen LogP contribution < -0.4 is 0 Å². The Hall–Kier alpha value is -2.06. The van der Waals surface area contributed by atoms with Crippen molar-refractivity contribution in [3.8, 4) is 5.75 Å². The molecule has 0 unspecified atom stereocenters. The van der Waals surface area contributed by atoms with Crippen LogP contribution in [0.25, 0.3) is 5.57 Å². The van der Waals surface area contributed by atoms with E-state index in [1.807, 2.05) is 19.1 Å². The van der Waals surface area contributed by atoms with Crippen molar-refractivity contribution in [3.05, 3.63) is 71.3 Å². The molecule has 21 heavy (non-hydrogen) atoms. The van der Waals surface area contributed by atoms with Crippen LogP contribution in [0.2, 0.25) is 0 Å². The fraction of sp³-hybridized carbons (Fsp3) is 0.263. The Kier molecular flexibility index (Phi) is 4.07. The Morgan fingerprint density at radius 2 is 1.90 bits per heavy atom. The van der Waals surface area contributed by atoms with Crippen LogP contribution in [0, 0.1) is 6.92 Å². The Balaban J connectivity index is 1.69. The van der Waals surface area contributed by atoms with Gasteiger partial charge in [-0.3, -0.25) is 4.90 Å². The van der Waals surface area contributed by atoms with Gasteiger partial charge in [-0.1, -0.05) is 48.5 Å². The molecule has 0 amide bonds. The normalized spacial score (nSPS) is 15.8. The van der Waals surface area contributed by atoms with E-state index in [9.17, 15) is 5.11 Å². The zero-order valence-electron chi connectivity index (χ0n) is 12.4. The lowest BCUT2D eigenvalue weighted by Gasteiger charge is -2.26. The van der Waals surface area contributed by atoms with Crippen molar-refractivity contribution >= 4 is 5.57 Å². The highest BCUT2D eigenvalue weighted by atomic mass is 16.3. The number of benzene rings is 2. The van der Waals surface area contributed by atoms with E-state index in [0.29, 0.717) is 5.75 Å². The van der Waals surface area contributed by atoms with Gasteiger partial charge in [0.1, 0.15) is 5.75 Å².